The normalized spacial score (nSPS) is 20.5. The van der Waals surface area contributed by atoms with Crippen LogP contribution in [0.25, 0.3) is 0 Å². The van der Waals surface area contributed by atoms with E-state index in [0.717, 1.165) is 11.1 Å². The maximum absolute atomic E-state index is 14.3. The maximum Gasteiger partial charge on any atom is 0.255 e. The number of ether oxygens (including phenoxy) is 2. The smallest absolute Gasteiger partial charge is 0.255 e. The molecule has 0 unspecified atom stereocenters. The van der Waals surface area contributed by atoms with Gasteiger partial charge in [-0.3, -0.25) is 4.79 Å². The van der Waals surface area contributed by atoms with Gasteiger partial charge >= 0.3 is 0 Å². The maximum atomic E-state index is 14.3. The molecule has 3 aromatic carbocycles. The van der Waals surface area contributed by atoms with Crippen molar-refractivity contribution in [2.75, 3.05) is 19.8 Å². The molecule has 2 aliphatic rings. The lowest BCUT2D eigenvalue weighted by molar-refractivity contribution is -0.139. The summed E-state index contributed by atoms with van der Waals surface area (Å²) in [6, 6.07) is 20.6. The molecule has 0 saturated carbocycles. The van der Waals surface area contributed by atoms with Crippen LogP contribution in [0.15, 0.2) is 84.4 Å². The van der Waals surface area contributed by atoms with Crippen LogP contribution in [0.5, 0.6) is 5.75 Å². The van der Waals surface area contributed by atoms with Crippen molar-refractivity contribution in [2.24, 2.45) is 4.99 Å². The van der Waals surface area contributed by atoms with Crippen molar-refractivity contribution >= 4 is 35.0 Å². The third-order valence-electron chi connectivity index (χ3n) is 6.83. The summed E-state index contributed by atoms with van der Waals surface area (Å²) >= 11 is 12.9. The number of carbonyl (C=O) groups is 1. The van der Waals surface area contributed by atoms with Crippen molar-refractivity contribution in [3.8, 4) is 5.75 Å². The molecule has 1 amide bonds. The van der Waals surface area contributed by atoms with Gasteiger partial charge in [0.2, 0.25) is 5.90 Å². The monoisotopic (exact) mass is 550 g/mol. The van der Waals surface area contributed by atoms with Crippen molar-refractivity contribution < 1.29 is 19.4 Å². The molecule has 1 N–H and O–H groups in total. The van der Waals surface area contributed by atoms with E-state index in [9.17, 15) is 4.79 Å². The first-order chi connectivity index (χ1) is 18.4. The van der Waals surface area contributed by atoms with E-state index in [1.54, 1.807) is 29.2 Å². The Bertz CT molecular complexity index is 1370. The minimum atomic E-state index is -1.28. The molecule has 0 bridgehead atoms. The van der Waals surface area contributed by atoms with Gasteiger partial charge in [-0.2, -0.15) is 0 Å². The lowest BCUT2D eigenvalue weighted by Gasteiger charge is -2.33. The minimum Gasteiger partial charge on any atom is -0.494 e. The fraction of sp³-hybridized carbons (Fsp3) is 0.267. The zero-order valence-electron chi connectivity index (χ0n) is 20.8. The number of carbonyl (C=O) groups excluding carboxylic acids is 1. The van der Waals surface area contributed by atoms with E-state index in [1.807, 2.05) is 48.5 Å². The number of hydrogen-bond donors (Lipinski definition) is 1. The predicted octanol–water partition coefficient (Wildman–Crippen LogP) is 5.78. The molecule has 0 aliphatic carbocycles. The number of amides is 1. The summed E-state index contributed by atoms with van der Waals surface area (Å²) in [5.41, 5.74) is 2.17. The van der Waals surface area contributed by atoms with Gasteiger partial charge in [0.15, 0.2) is 11.6 Å². The average Bonchev–Trinajstić information content (AvgIpc) is 3.24. The topological polar surface area (TPSA) is 71.4 Å². The second kappa shape index (κ2) is 11.2. The van der Waals surface area contributed by atoms with Crippen LogP contribution in [0, 0.1) is 0 Å². The number of aliphatic hydroxyl groups excluding tert-OH is 1. The highest BCUT2D eigenvalue weighted by Gasteiger charge is 2.56. The fourth-order valence-electron chi connectivity index (χ4n) is 4.99. The van der Waals surface area contributed by atoms with Crippen LogP contribution in [0.2, 0.25) is 10.0 Å². The van der Waals surface area contributed by atoms with Gasteiger partial charge < -0.3 is 19.5 Å². The SMILES string of the molecule is C=CCN1Cc2ccccc2C[C@]2(N=C(c3ccc(OCCCO)cc3)O[C@@H]2c2ccc(Cl)cc2Cl)C1=O. The van der Waals surface area contributed by atoms with Crippen LogP contribution in [0.1, 0.15) is 34.8 Å². The van der Waals surface area contributed by atoms with Gasteiger partial charge in [-0.25, -0.2) is 4.99 Å². The molecule has 6 nitrogen and oxygen atoms in total. The summed E-state index contributed by atoms with van der Waals surface area (Å²) in [5, 5.41) is 9.90. The van der Waals surface area contributed by atoms with E-state index in [4.69, 9.17) is 42.8 Å². The quantitative estimate of drug-likeness (QED) is 0.285. The van der Waals surface area contributed by atoms with Crippen molar-refractivity contribution in [1.82, 2.24) is 4.90 Å². The van der Waals surface area contributed by atoms with Gasteiger partial charge in [-0.15, -0.1) is 6.58 Å². The Kier molecular flexibility index (Phi) is 7.75. The molecule has 2 heterocycles. The zero-order chi connectivity index (χ0) is 26.7. The summed E-state index contributed by atoms with van der Waals surface area (Å²) in [6.45, 7) is 5.18. The van der Waals surface area contributed by atoms with Crippen LogP contribution >= 0.6 is 23.2 Å². The van der Waals surface area contributed by atoms with Gasteiger partial charge in [0.05, 0.1) is 6.61 Å². The largest absolute Gasteiger partial charge is 0.494 e. The van der Waals surface area contributed by atoms with Crippen molar-refractivity contribution in [2.45, 2.75) is 31.0 Å². The van der Waals surface area contributed by atoms with E-state index in [0.29, 0.717) is 65.4 Å². The van der Waals surface area contributed by atoms with Crippen molar-refractivity contribution in [3.63, 3.8) is 0 Å². The highest BCUT2D eigenvalue weighted by atomic mass is 35.5. The molecule has 2 atom stereocenters. The van der Waals surface area contributed by atoms with Crippen LogP contribution in [0.4, 0.5) is 0 Å². The molecule has 8 heteroatoms. The number of fused-ring (bicyclic) bond motifs is 1. The molecule has 0 saturated heterocycles. The molecule has 5 rings (SSSR count). The molecule has 0 fully saturated rings. The second-order valence-electron chi connectivity index (χ2n) is 9.37. The van der Waals surface area contributed by atoms with E-state index in [1.165, 1.54) is 0 Å². The van der Waals surface area contributed by atoms with Gasteiger partial charge in [0, 0.05) is 53.7 Å². The minimum absolute atomic E-state index is 0.0689. The van der Waals surface area contributed by atoms with E-state index >= 15 is 0 Å². The molecule has 1 spiro atoms. The lowest BCUT2D eigenvalue weighted by atomic mass is 9.82. The molecular weight excluding hydrogens is 523 g/mol. The average molecular weight is 551 g/mol. The molecule has 38 heavy (non-hydrogen) atoms. The molecule has 0 radical (unpaired) electrons. The summed E-state index contributed by atoms with van der Waals surface area (Å²) in [7, 11) is 0. The molecular formula is C30H28Cl2N2O4. The summed E-state index contributed by atoms with van der Waals surface area (Å²) < 4.78 is 12.2. The Labute approximate surface area is 232 Å². The number of nitrogens with zero attached hydrogens (tertiary/aromatic N) is 2. The Morgan fingerprint density at radius 1 is 1.13 bits per heavy atom. The van der Waals surface area contributed by atoms with Crippen molar-refractivity contribution in [3.05, 3.63) is 112 Å². The van der Waals surface area contributed by atoms with E-state index in [-0.39, 0.29) is 12.5 Å². The van der Waals surface area contributed by atoms with Gasteiger partial charge in [0.25, 0.3) is 5.91 Å². The van der Waals surface area contributed by atoms with Gasteiger partial charge in [0.1, 0.15) is 5.75 Å². The van der Waals surface area contributed by atoms with Crippen LogP contribution in [0.3, 0.4) is 0 Å². The first-order valence-corrected chi connectivity index (χ1v) is 13.2. The van der Waals surface area contributed by atoms with Crippen LogP contribution in [-0.2, 0) is 22.5 Å². The Morgan fingerprint density at radius 3 is 2.61 bits per heavy atom. The third-order valence-corrected chi connectivity index (χ3v) is 7.39. The van der Waals surface area contributed by atoms with Crippen LogP contribution in [-0.4, -0.2) is 47.1 Å². The second-order valence-corrected chi connectivity index (χ2v) is 10.2. The molecule has 3 aromatic rings. The summed E-state index contributed by atoms with van der Waals surface area (Å²) in [5.74, 6) is 0.877. The Morgan fingerprint density at radius 2 is 1.89 bits per heavy atom. The summed E-state index contributed by atoms with van der Waals surface area (Å²) in [6.07, 6.45) is 1.85. The number of halogens is 2. The number of hydrogen-bond acceptors (Lipinski definition) is 5. The predicted molar refractivity (Wildman–Crippen MR) is 149 cm³/mol. The zero-order valence-corrected chi connectivity index (χ0v) is 22.3. The number of aliphatic hydroxyl groups is 1. The van der Waals surface area contributed by atoms with E-state index in [2.05, 4.69) is 6.58 Å². The van der Waals surface area contributed by atoms with Gasteiger partial charge in [-0.05, 0) is 47.5 Å². The number of benzene rings is 3. The lowest BCUT2D eigenvalue weighted by Crippen LogP contribution is -2.50. The number of rotatable bonds is 8. The Hall–Kier alpha value is -3.32. The van der Waals surface area contributed by atoms with Gasteiger partial charge in [-0.1, -0.05) is 59.6 Å². The van der Waals surface area contributed by atoms with Crippen LogP contribution < -0.4 is 4.74 Å². The molecule has 2 aliphatic heterocycles. The fourth-order valence-corrected chi connectivity index (χ4v) is 5.50. The highest BCUT2D eigenvalue weighted by molar-refractivity contribution is 6.35. The number of aliphatic imine (C=N–C) groups is 1. The first-order valence-electron chi connectivity index (χ1n) is 12.5. The standard InChI is InChI=1S/C30H28Cl2N2O4/c1-2-14-34-19-22-7-4-3-6-21(22)18-30(29(34)36)27(25-13-10-23(31)17-26(25)32)38-28(33-30)20-8-11-24(12-9-20)37-16-5-15-35/h2-4,6-13,17,27,35H,1,5,14-16,18-19H2/t27-,30-/m1/s1. The molecule has 0 aromatic heterocycles. The van der Waals surface area contributed by atoms with Crippen molar-refractivity contribution in [1.29, 1.82) is 0 Å². The molecule has 196 valence electrons. The Balaban J connectivity index is 1.62. The summed E-state index contributed by atoms with van der Waals surface area (Å²) in [4.78, 5) is 21.2. The third kappa shape index (κ3) is 5.04. The first kappa shape index (κ1) is 26.3. The highest BCUT2D eigenvalue weighted by Crippen LogP contribution is 2.47. The van der Waals surface area contributed by atoms with E-state index < -0.39 is 11.6 Å².